The van der Waals surface area contributed by atoms with Gasteiger partial charge in [-0.2, -0.15) is 13.2 Å². The number of carbonyl (C=O) groups is 1. The lowest BCUT2D eigenvalue weighted by molar-refractivity contribution is -0.384. The highest BCUT2D eigenvalue weighted by Crippen LogP contribution is 2.34. The lowest BCUT2D eigenvalue weighted by Crippen LogP contribution is -2.34. The van der Waals surface area contributed by atoms with Gasteiger partial charge in [-0.05, 0) is 44.7 Å². The Morgan fingerprint density at radius 1 is 1.43 bits per heavy atom. The summed E-state index contributed by atoms with van der Waals surface area (Å²) in [5.41, 5.74) is -1.83. The molecule has 0 spiro atoms. The van der Waals surface area contributed by atoms with E-state index in [1.807, 2.05) is 6.92 Å². The van der Waals surface area contributed by atoms with Gasteiger partial charge in [-0.15, -0.1) is 0 Å². The molecule has 0 radical (unpaired) electrons. The lowest BCUT2D eigenvalue weighted by Gasteiger charge is -2.16. The van der Waals surface area contributed by atoms with E-state index in [9.17, 15) is 28.1 Å². The Hall–Kier alpha value is -2.36. The molecule has 0 bridgehead atoms. The van der Waals surface area contributed by atoms with E-state index in [1.165, 1.54) is 0 Å². The number of benzene rings is 1. The Balaban J connectivity index is 1.80. The van der Waals surface area contributed by atoms with Gasteiger partial charge in [0.25, 0.3) is 5.69 Å². The second-order valence-electron chi connectivity index (χ2n) is 6.84. The number of nitrogens with one attached hydrogen (secondary N) is 2. The van der Waals surface area contributed by atoms with Crippen LogP contribution in [0.15, 0.2) is 18.2 Å². The van der Waals surface area contributed by atoms with Crippen molar-refractivity contribution in [3.05, 3.63) is 33.9 Å². The minimum Gasteiger partial charge on any atom is -0.379 e. The van der Waals surface area contributed by atoms with Crippen LogP contribution in [0.3, 0.4) is 0 Å². The maximum atomic E-state index is 12.7. The molecule has 2 rings (SSSR count). The Labute approximate surface area is 160 Å². The van der Waals surface area contributed by atoms with Crippen molar-refractivity contribution in [2.45, 2.75) is 57.3 Å². The van der Waals surface area contributed by atoms with Crippen molar-refractivity contribution in [2.75, 3.05) is 18.5 Å². The third kappa shape index (κ3) is 6.66. The summed E-state index contributed by atoms with van der Waals surface area (Å²) < 4.78 is 43.6. The van der Waals surface area contributed by atoms with Gasteiger partial charge in [0.15, 0.2) is 0 Å². The summed E-state index contributed by atoms with van der Waals surface area (Å²) in [6.07, 6.45) is -0.609. The highest BCUT2D eigenvalue weighted by atomic mass is 19.4. The quantitative estimate of drug-likeness (QED) is 0.482. The first kappa shape index (κ1) is 21.9. The molecule has 156 valence electrons. The van der Waals surface area contributed by atoms with Crippen LogP contribution in [0, 0.1) is 10.1 Å². The van der Waals surface area contributed by atoms with Crippen LogP contribution < -0.4 is 10.6 Å². The summed E-state index contributed by atoms with van der Waals surface area (Å²) >= 11 is 0. The smallest absolute Gasteiger partial charge is 0.379 e. The molecule has 1 aromatic rings. The van der Waals surface area contributed by atoms with Crippen LogP contribution in [0.5, 0.6) is 0 Å². The Morgan fingerprint density at radius 2 is 2.18 bits per heavy atom. The number of rotatable bonds is 9. The number of halogens is 3. The van der Waals surface area contributed by atoms with Crippen LogP contribution >= 0.6 is 0 Å². The minimum atomic E-state index is -4.66. The van der Waals surface area contributed by atoms with Gasteiger partial charge in [-0.25, -0.2) is 0 Å². The Bertz CT molecular complexity index is 691. The largest absolute Gasteiger partial charge is 0.416 e. The van der Waals surface area contributed by atoms with Crippen molar-refractivity contribution in [1.29, 1.82) is 0 Å². The number of alkyl halides is 3. The normalized spacial score (nSPS) is 17.9. The first-order valence-corrected chi connectivity index (χ1v) is 9.17. The number of hydrogen-bond donors (Lipinski definition) is 2. The predicted octanol–water partition coefficient (Wildman–Crippen LogP) is 3.88. The molecule has 1 heterocycles. The van der Waals surface area contributed by atoms with Crippen molar-refractivity contribution in [3.63, 3.8) is 0 Å². The third-order valence-corrected chi connectivity index (χ3v) is 4.54. The third-order valence-electron chi connectivity index (χ3n) is 4.54. The maximum absolute atomic E-state index is 12.7. The van der Waals surface area contributed by atoms with Crippen molar-refractivity contribution in [2.24, 2.45) is 0 Å². The standard InChI is InChI=1S/C18H24F3N3O4/c1-12(4-6-14-3-2-10-28-14)23-17(25)8-9-22-15-7-5-13(18(19,20)21)11-16(15)24(26)27/h5,7,11-12,14,22H,2-4,6,8-10H2,1H3,(H,23,25). The van der Waals surface area contributed by atoms with E-state index < -0.39 is 22.4 Å². The number of nitro benzene ring substituents is 1. The zero-order chi connectivity index (χ0) is 20.7. The van der Waals surface area contributed by atoms with Crippen LogP contribution in [-0.4, -0.2) is 36.1 Å². The fourth-order valence-electron chi connectivity index (χ4n) is 3.05. The first-order chi connectivity index (χ1) is 13.2. The van der Waals surface area contributed by atoms with E-state index in [1.54, 1.807) is 0 Å². The van der Waals surface area contributed by atoms with Crippen LogP contribution in [0.1, 0.15) is 44.6 Å². The van der Waals surface area contributed by atoms with E-state index in [-0.39, 0.29) is 36.7 Å². The van der Waals surface area contributed by atoms with E-state index in [4.69, 9.17) is 4.74 Å². The summed E-state index contributed by atoms with van der Waals surface area (Å²) in [4.78, 5) is 22.1. The second-order valence-corrected chi connectivity index (χ2v) is 6.84. The average Bonchev–Trinajstić information content (AvgIpc) is 3.12. The number of hydrogen-bond acceptors (Lipinski definition) is 5. The SMILES string of the molecule is CC(CCC1CCCO1)NC(=O)CCNc1ccc(C(F)(F)F)cc1[N+](=O)[O-]. The molecular formula is C18H24F3N3O4. The fourth-order valence-corrected chi connectivity index (χ4v) is 3.05. The molecule has 1 amide bonds. The molecule has 0 aromatic heterocycles. The first-order valence-electron chi connectivity index (χ1n) is 9.17. The Morgan fingerprint density at radius 3 is 2.79 bits per heavy atom. The molecule has 2 N–H and O–H groups in total. The van der Waals surface area contributed by atoms with Crippen LogP contribution in [0.4, 0.5) is 24.5 Å². The summed E-state index contributed by atoms with van der Waals surface area (Å²) in [7, 11) is 0. The highest BCUT2D eigenvalue weighted by Gasteiger charge is 2.33. The number of amides is 1. The number of anilines is 1. The molecule has 2 unspecified atom stereocenters. The predicted molar refractivity (Wildman–Crippen MR) is 97.0 cm³/mol. The topological polar surface area (TPSA) is 93.5 Å². The van der Waals surface area contributed by atoms with Crippen molar-refractivity contribution >= 4 is 17.3 Å². The molecule has 0 aliphatic carbocycles. The fraction of sp³-hybridized carbons (Fsp3) is 0.611. The molecule has 2 atom stereocenters. The number of ether oxygens (including phenoxy) is 1. The van der Waals surface area contributed by atoms with Crippen molar-refractivity contribution < 1.29 is 27.6 Å². The summed E-state index contributed by atoms with van der Waals surface area (Å²) in [6, 6.07) is 2.22. The van der Waals surface area contributed by atoms with Gasteiger partial charge in [-0.1, -0.05) is 0 Å². The molecule has 28 heavy (non-hydrogen) atoms. The van der Waals surface area contributed by atoms with Crippen LogP contribution in [0.25, 0.3) is 0 Å². The number of nitro groups is 1. The number of carbonyl (C=O) groups excluding carboxylic acids is 1. The van der Waals surface area contributed by atoms with Gasteiger partial charge < -0.3 is 15.4 Å². The summed E-state index contributed by atoms with van der Waals surface area (Å²) in [5.74, 6) is -0.234. The minimum absolute atomic E-state index is 0.0305. The summed E-state index contributed by atoms with van der Waals surface area (Å²) in [5, 5.41) is 16.5. The summed E-state index contributed by atoms with van der Waals surface area (Å²) in [6.45, 7) is 2.74. The van der Waals surface area contributed by atoms with Gasteiger partial charge in [0.1, 0.15) is 5.69 Å². The Kier molecular flexibility index (Phi) is 7.61. The van der Waals surface area contributed by atoms with Crippen molar-refractivity contribution in [3.8, 4) is 0 Å². The molecule has 1 saturated heterocycles. The molecule has 10 heteroatoms. The van der Waals surface area contributed by atoms with E-state index in [0.717, 1.165) is 44.4 Å². The second kappa shape index (κ2) is 9.72. The average molecular weight is 403 g/mol. The monoisotopic (exact) mass is 403 g/mol. The highest BCUT2D eigenvalue weighted by molar-refractivity contribution is 5.77. The molecular weight excluding hydrogens is 379 g/mol. The molecule has 0 saturated carbocycles. The lowest BCUT2D eigenvalue weighted by atomic mass is 10.1. The molecule has 7 nitrogen and oxygen atoms in total. The van der Waals surface area contributed by atoms with Gasteiger partial charge >= 0.3 is 6.18 Å². The van der Waals surface area contributed by atoms with E-state index in [2.05, 4.69) is 10.6 Å². The molecule has 1 aliphatic heterocycles. The van der Waals surface area contributed by atoms with Crippen LogP contribution in [-0.2, 0) is 15.7 Å². The molecule has 1 aliphatic rings. The van der Waals surface area contributed by atoms with Gasteiger partial charge in [0.2, 0.25) is 5.91 Å². The van der Waals surface area contributed by atoms with Gasteiger partial charge in [-0.3, -0.25) is 14.9 Å². The van der Waals surface area contributed by atoms with E-state index >= 15 is 0 Å². The zero-order valence-electron chi connectivity index (χ0n) is 15.6. The maximum Gasteiger partial charge on any atom is 0.416 e. The van der Waals surface area contributed by atoms with Gasteiger partial charge in [0.05, 0.1) is 16.6 Å². The van der Waals surface area contributed by atoms with Crippen molar-refractivity contribution in [1.82, 2.24) is 5.32 Å². The number of nitrogens with zero attached hydrogens (tertiary/aromatic N) is 1. The van der Waals surface area contributed by atoms with Crippen LogP contribution in [0.2, 0.25) is 0 Å². The molecule has 1 fully saturated rings. The zero-order valence-corrected chi connectivity index (χ0v) is 15.6. The van der Waals surface area contributed by atoms with E-state index in [0.29, 0.717) is 6.07 Å². The van der Waals surface area contributed by atoms with Gasteiger partial charge in [0, 0.05) is 31.7 Å². The molecule has 1 aromatic carbocycles.